The average Bonchev–Trinajstić information content (AvgIpc) is 2.94. The van der Waals surface area contributed by atoms with Gasteiger partial charge in [0.05, 0.1) is 14.2 Å². The number of methoxy groups -OCH3 is 2. The summed E-state index contributed by atoms with van der Waals surface area (Å²) in [5, 5.41) is 0. The van der Waals surface area contributed by atoms with Crippen molar-refractivity contribution in [2.24, 2.45) is 0 Å². The summed E-state index contributed by atoms with van der Waals surface area (Å²) in [5.74, 6) is 1.32. The van der Waals surface area contributed by atoms with E-state index < -0.39 is 0 Å². The maximum absolute atomic E-state index is 13.4. The predicted molar refractivity (Wildman–Crippen MR) is 144 cm³/mol. The third-order valence-electron chi connectivity index (χ3n) is 6.23. The van der Waals surface area contributed by atoms with Crippen LogP contribution >= 0.6 is 0 Å². The highest BCUT2D eigenvalue weighted by atomic mass is 16.5. The number of ether oxygens (including phenoxy) is 2. The van der Waals surface area contributed by atoms with Crippen LogP contribution in [0.25, 0.3) is 24.3 Å². The molecule has 0 atom stereocenters. The molecular formula is C32H24O4. The molecule has 0 fully saturated rings. The Labute approximate surface area is 210 Å². The predicted octanol–water partition coefficient (Wildman–Crippen LogP) is 6.82. The summed E-state index contributed by atoms with van der Waals surface area (Å²) in [6.07, 6.45) is 7.80. The second kappa shape index (κ2) is 9.88. The van der Waals surface area contributed by atoms with Crippen molar-refractivity contribution < 1.29 is 19.1 Å². The molecule has 0 radical (unpaired) electrons. The monoisotopic (exact) mass is 472 g/mol. The minimum atomic E-state index is -0.140. The zero-order chi connectivity index (χ0) is 25.1. The fourth-order valence-electron chi connectivity index (χ4n) is 4.21. The van der Waals surface area contributed by atoms with Crippen molar-refractivity contribution in [1.29, 1.82) is 0 Å². The summed E-state index contributed by atoms with van der Waals surface area (Å²) in [6.45, 7) is 0. The molecule has 4 aromatic carbocycles. The van der Waals surface area contributed by atoms with E-state index in [2.05, 4.69) is 0 Å². The molecule has 0 aliphatic heterocycles. The van der Waals surface area contributed by atoms with Gasteiger partial charge in [0.25, 0.3) is 0 Å². The van der Waals surface area contributed by atoms with Gasteiger partial charge in [-0.05, 0) is 70.8 Å². The van der Waals surface area contributed by atoms with Gasteiger partial charge in [0.1, 0.15) is 11.5 Å². The molecule has 0 saturated heterocycles. The van der Waals surface area contributed by atoms with E-state index in [4.69, 9.17) is 9.47 Å². The number of hydrogen-bond donors (Lipinski definition) is 0. The van der Waals surface area contributed by atoms with Gasteiger partial charge in [0.2, 0.25) is 0 Å². The Morgan fingerprint density at radius 2 is 0.778 bits per heavy atom. The maximum Gasteiger partial charge on any atom is 0.194 e. The van der Waals surface area contributed by atoms with Gasteiger partial charge in [-0.1, -0.05) is 60.7 Å². The molecule has 0 spiro atoms. The van der Waals surface area contributed by atoms with Crippen molar-refractivity contribution in [3.63, 3.8) is 0 Å². The lowest BCUT2D eigenvalue weighted by Gasteiger charge is -2.18. The first kappa shape index (κ1) is 23.1. The van der Waals surface area contributed by atoms with Crippen LogP contribution in [0.1, 0.15) is 54.1 Å². The molecule has 0 heterocycles. The van der Waals surface area contributed by atoms with Crippen LogP contribution in [0, 0.1) is 0 Å². The zero-order valence-electron chi connectivity index (χ0n) is 20.0. The molecule has 4 heteroatoms. The van der Waals surface area contributed by atoms with Gasteiger partial charge in [-0.2, -0.15) is 0 Å². The Kier molecular flexibility index (Phi) is 6.33. The Morgan fingerprint density at radius 3 is 1.17 bits per heavy atom. The van der Waals surface area contributed by atoms with Gasteiger partial charge in [0.15, 0.2) is 11.6 Å². The largest absolute Gasteiger partial charge is 0.497 e. The number of ketones is 2. The highest BCUT2D eigenvalue weighted by Crippen LogP contribution is 2.30. The molecule has 4 nitrogen and oxygen atoms in total. The number of carbonyl (C=O) groups is 2. The van der Waals surface area contributed by atoms with Gasteiger partial charge in [-0.15, -0.1) is 0 Å². The molecule has 0 saturated carbocycles. The SMILES string of the molecule is COc1ccc(/C=C/c2ccc3c(c2)C(=O)c2cc(/C=C/c4ccc(OC)cc4)ccc2C3=O)cc1. The van der Waals surface area contributed by atoms with E-state index in [0.717, 1.165) is 33.8 Å². The average molecular weight is 473 g/mol. The molecule has 0 bridgehead atoms. The fourth-order valence-corrected chi connectivity index (χ4v) is 4.21. The molecule has 176 valence electrons. The van der Waals surface area contributed by atoms with Crippen molar-refractivity contribution in [2.45, 2.75) is 0 Å². The molecule has 1 aliphatic rings. The second-order valence-electron chi connectivity index (χ2n) is 8.48. The quantitative estimate of drug-likeness (QED) is 0.255. The van der Waals surface area contributed by atoms with Crippen molar-refractivity contribution in [3.05, 3.63) is 129 Å². The summed E-state index contributed by atoms with van der Waals surface area (Å²) in [4.78, 5) is 26.6. The van der Waals surface area contributed by atoms with Crippen LogP contribution < -0.4 is 9.47 Å². The molecule has 0 aromatic heterocycles. The lowest BCUT2D eigenvalue weighted by atomic mass is 9.82. The van der Waals surface area contributed by atoms with Crippen molar-refractivity contribution >= 4 is 35.9 Å². The first-order valence-corrected chi connectivity index (χ1v) is 11.6. The van der Waals surface area contributed by atoms with E-state index in [-0.39, 0.29) is 11.6 Å². The van der Waals surface area contributed by atoms with Crippen LogP contribution in [0.15, 0.2) is 84.9 Å². The van der Waals surface area contributed by atoms with Gasteiger partial charge in [-0.3, -0.25) is 9.59 Å². The number of rotatable bonds is 6. The van der Waals surface area contributed by atoms with Crippen LogP contribution in [0.3, 0.4) is 0 Å². The molecule has 0 N–H and O–H groups in total. The Balaban J connectivity index is 1.41. The second-order valence-corrected chi connectivity index (χ2v) is 8.48. The number of benzene rings is 4. The van der Waals surface area contributed by atoms with Crippen LogP contribution in [-0.2, 0) is 0 Å². The Morgan fingerprint density at radius 1 is 0.444 bits per heavy atom. The van der Waals surface area contributed by atoms with Crippen molar-refractivity contribution in [3.8, 4) is 11.5 Å². The Bertz CT molecular complexity index is 1390. The van der Waals surface area contributed by atoms with Gasteiger partial charge < -0.3 is 9.47 Å². The van der Waals surface area contributed by atoms with E-state index in [0.29, 0.717) is 22.3 Å². The van der Waals surface area contributed by atoms with E-state index >= 15 is 0 Å². The summed E-state index contributed by atoms with van der Waals surface area (Å²) in [6, 6.07) is 26.2. The van der Waals surface area contributed by atoms with Gasteiger partial charge in [0, 0.05) is 22.3 Å². The smallest absolute Gasteiger partial charge is 0.194 e. The normalized spacial score (nSPS) is 12.6. The van der Waals surface area contributed by atoms with Crippen LogP contribution in [0.2, 0.25) is 0 Å². The minimum absolute atomic E-state index is 0.129. The van der Waals surface area contributed by atoms with Crippen LogP contribution in [0.4, 0.5) is 0 Å². The third kappa shape index (κ3) is 4.62. The van der Waals surface area contributed by atoms with E-state index in [1.807, 2.05) is 85.0 Å². The summed E-state index contributed by atoms with van der Waals surface area (Å²) >= 11 is 0. The molecule has 4 aromatic rings. The first-order valence-electron chi connectivity index (χ1n) is 11.6. The Hall–Kier alpha value is -4.70. The molecule has 1 aliphatic carbocycles. The number of fused-ring (bicyclic) bond motifs is 2. The van der Waals surface area contributed by atoms with Crippen molar-refractivity contribution in [1.82, 2.24) is 0 Å². The van der Waals surface area contributed by atoms with Gasteiger partial charge >= 0.3 is 0 Å². The zero-order valence-corrected chi connectivity index (χ0v) is 20.0. The molecule has 0 unspecified atom stereocenters. The number of carbonyl (C=O) groups excluding carboxylic acids is 2. The lowest BCUT2D eigenvalue weighted by molar-refractivity contribution is 0.0979. The van der Waals surface area contributed by atoms with E-state index in [1.165, 1.54) is 0 Å². The minimum Gasteiger partial charge on any atom is -0.497 e. The van der Waals surface area contributed by atoms with E-state index in [1.54, 1.807) is 38.5 Å². The maximum atomic E-state index is 13.4. The first-order chi connectivity index (χ1) is 17.6. The highest BCUT2D eigenvalue weighted by Gasteiger charge is 2.29. The summed E-state index contributed by atoms with van der Waals surface area (Å²) < 4.78 is 10.4. The van der Waals surface area contributed by atoms with Crippen molar-refractivity contribution in [2.75, 3.05) is 14.2 Å². The molecule has 0 amide bonds. The van der Waals surface area contributed by atoms with Crippen LogP contribution in [0.5, 0.6) is 11.5 Å². The standard InChI is InChI=1S/C32H24O4/c1-35-25-13-7-21(8-14-25)3-5-23-11-17-27-29(19-23)32(34)30-20-24(12-18-28(30)31(27)33)6-4-22-9-15-26(36-2)16-10-22/h3-20H,1-2H3/b5-3+,6-4+. The molecule has 5 rings (SSSR count). The van der Waals surface area contributed by atoms with Gasteiger partial charge in [-0.25, -0.2) is 0 Å². The highest BCUT2D eigenvalue weighted by molar-refractivity contribution is 6.28. The third-order valence-corrected chi connectivity index (χ3v) is 6.23. The molecule has 36 heavy (non-hydrogen) atoms. The van der Waals surface area contributed by atoms with E-state index in [9.17, 15) is 9.59 Å². The summed E-state index contributed by atoms with van der Waals surface area (Å²) in [5.41, 5.74) is 5.46. The lowest BCUT2D eigenvalue weighted by Crippen LogP contribution is -2.21. The fraction of sp³-hybridized carbons (Fsp3) is 0.0625. The molecular weight excluding hydrogens is 448 g/mol. The van der Waals surface area contributed by atoms with Crippen LogP contribution in [-0.4, -0.2) is 25.8 Å². The number of hydrogen-bond acceptors (Lipinski definition) is 4. The topological polar surface area (TPSA) is 52.6 Å². The summed E-state index contributed by atoms with van der Waals surface area (Å²) in [7, 11) is 3.27.